The summed E-state index contributed by atoms with van der Waals surface area (Å²) in [5, 5.41) is 85.0. The summed E-state index contributed by atoms with van der Waals surface area (Å²) in [6.45, 7) is 6.16. The molecule has 1 unspecified atom stereocenters. The Morgan fingerprint density at radius 2 is 1.16 bits per heavy atom. The number of carbonyl (C=O) groups is 14. The SMILES string of the molecule is C/C=C1/NC(=O)[C@H]([C@H](C)O)NC(=O)[C@H](CCN)NC(=O)[C@H](CCCCNC(=O)OCOC(=O)C(C)(C)C)NC(=O)[C@H](CC(=O)O)NC(=O)[C@@H](CCN)NC(=O)[C@@H](NC(=O)C[C@@H](O)CCCCCCCCCCCCC)COC(=O)[C@H]([C@H](O)CCl)NC(=O)[C@H](C(O)C(=O)O)NC1=O. The smallest absolute Gasteiger partial charge is 0.410 e. The largest absolute Gasteiger partial charge is 0.481 e. The fourth-order valence-corrected chi connectivity index (χ4v) is 9.33. The molecule has 0 aromatic heterocycles. The fourth-order valence-electron chi connectivity index (χ4n) is 9.16. The van der Waals surface area contributed by atoms with Crippen LogP contribution in [0.3, 0.4) is 0 Å². The number of aliphatic carboxylic acids is 2. The highest BCUT2D eigenvalue weighted by atomic mass is 35.5. The lowest BCUT2D eigenvalue weighted by molar-refractivity contribution is -0.161. The molecule has 1 rings (SSSR count). The summed E-state index contributed by atoms with van der Waals surface area (Å²) in [5.74, 6) is -19.0. The second kappa shape index (κ2) is 46.4. The number of aliphatic hydroxyl groups excluding tert-OH is 4. The first-order chi connectivity index (χ1) is 45.3. The van der Waals surface area contributed by atoms with E-state index in [-0.39, 0.29) is 38.8 Å². The lowest BCUT2D eigenvalue weighted by Gasteiger charge is -2.28. The van der Waals surface area contributed by atoms with Crippen LogP contribution in [0.2, 0.25) is 0 Å². The minimum atomic E-state index is -2.86. The van der Waals surface area contributed by atoms with Crippen molar-refractivity contribution in [3.8, 4) is 0 Å². The topological polar surface area (TPSA) is 560 Å². The molecule has 12 atom stereocenters. The van der Waals surface area contributed by atoms with Crippen molar-refractivity contribution >= 4 is 94.7 Å². The molecule has 36 heteroatoms. The van der Waals surface area contributed by atoms with Crippen LogP contribution in [-0.4, -0.2) is 225 Å². The first kappa shape index (κ1) is 86.2. The number of cyclic esters (lactones) is 1. The van der Waals surface area contributed by atoms with Crippen LogP contribution in [-0.2, 0) is 76.5 Å². The normalized spacial score (nSPS) is 22.8. The van der Waals surface area contributed by atoms with Gasteiger partial charge in [0, 0.05) is 6.54 Å². The third-order valence-electron chi connectivity index (χ3n) is 14.7. The van der Waals surface area contributed by atoms with E-state index in [4.69, 9.17) is 37.3 Å². The average molecular weight is 1390 g/mol. The number of carboxylic acids is 2. The molecule has 10 amide bonds. The number of carboxylic acid groups (broad SMARTS) is 2. The standard InChI is InChI=1S/C60H101ClN12O23/c1-7-9-10-11-12-13-14-15-16-17-18-21-34(75)28-42(77)65-40-31-94-57(91)45(41(76)30-61)72-55(88)46(47(80)56(89)90)73-48(81)35(8-2)66-54(87)44(33(3)74)71-51(84)38(24-26-63)68-49(82)36(22-19-20-27-64-59(93)96-32-95-58(92)60(4,5)6)67-52(85)39(29-43(78)79)70-50(83)37(23-25-62)69-53(40)86/h8,33-34,36-41,44-47,74-76,80H,7,9-32,62-63H2,1-6H3,(H,64,93)(H,65,77)(H,66,87)(H,67,85)(H,68,82)(H,69,86)(H,70,83)(H,71,84)(H,72,88)(H,73,81)(H,78,79)(H,89,90)/b35-8+/t33-,34-,36-,37+,38-,39-,40-,41+,44-,45-,46-,47?/m0/s1. The van der Waals surface area contributed by atoms with Gasteiger partial charge in [-0.15, -0.1) is 11.6 Å². The summed E-state index contributed by atoms with van der Waals surface area (Å²) in [6.07, 6.45) is -0.112. The predicted molar refractivity (Wildman–Crippen MR) is 340 cm³/mol. The first-order valence-corrected chi connectivity index (χ1v) is 32.6. The molecule has 1 aliphatic rings. The van der Waals surface area contributed by atoms with Crippen molar-refractivity contribution in [3.63, 3.8) is 0 Å². The van der Waals surface area contributed by atoms with Crippen molar-refractivity contribution < 1.29 is 112 Å². The van der Waals surface area contributed by atoms with Crippen LogP contribution in [0.4, 0.5) is 4.79 Å². The molecule has 1 fully saturated rings. The van der Waals surface area contributed by atoms with Gasteiger partial charge >= 0.3 is 30.0 Å². The molecule has 1 heterocycles. The number of aliphatic hydroxyl groups is 4. The summed E-state index contributed by atoms with van der Waals surface area (Å²) < 4.78 is 15.1. The Morgan fingerprint density at radius 1 is 0.646 bits per heavy atom. The van der Waals surface area contributed by atoms with Gasteiger partial charge in [-0.1, -0.05) is 83.6 Å². The Bertz CT molecular complexity index is 2610. The van der Waals surface area contributed by atoms with Gasteiger partial charge in [-0.2, -0.15) is 0 Å². The highest BCUT2D eigenvalue weighted by Crippen LogP contribution is 2.17. The van der Waals surface area contributed by atoms with Crippen LogP contribution in [0.25, 0.3) is 0 Å². The van der Waals surface area contributed by atoms with Crippen molar-refractivity contribution in [2.24, 2.45) is 16.9 Å². The van der Waals surface area contributed by atoms with Gasteiger partial charge in [0.1, 0.15) is 54.6 Å². The van der Waals surface area contributed by atoms with Crippen molar-refractivity contribution in [2.45, 2.75) is 236 Å². The van der Waals surface area contributed by atoms with Crippen molar-refractivity contribution in [3.05, 3.63) is 11.8 Å². The number of nitrogens with two attached hydrogens (primary N) is 2. The molecule has 546 valence electrons. The molecule has 0 aromatic rings. The minimum absolute atomic E-state index is 0.0288. The lowest BCUT2D eigenvalue weighted by Crippen LogP contribution is -2.62. The van der Waals surface area contributed by atoms with E-state index in [2.05, 4.69) is 49.5 Å². The van der Waals surface area contributed by atoms with Crippen LogP contribution < -0.4 is 64.6 Å². The molecule has 0 spiro atoms. The Balaban J connectivity index is 3.99. The maximum Gasteiger partial charge on any atom is 0.410 e. The summed E-state index contributed by atoms with van der Waals surface area (Å²) >= 11 is 5.88. The molecule has 1 aliphatic heterocycles. The van der Waals surface area contributed by atoms with Gasteiger partial charge < -0.3 is 109 Å². The second-order valence-electron chi connectivity index (χ2n) is 23.9. The van der Waals surface area contributed by atoms with Crippen molar-refractivity contribution in [1.82, 2.24) is 53.2 Å². The van der Waals surface area contributed by atoms with E-state index in [0.29, 0.717) is 6.42 Å². The van der Waals surface area contributed by atoms with Gasteiger partial charge in [0.15, 0.2) is 12.1 Å². The summed E-state index contributed by atoms with van der Waals surface area (Å²) in [7, 11) is 0. The maximum absolute atomic E-state index is 14.3. The number of amides is 10. The molecular weight excluding hydrogens is 1290 g/mol. The molecule has 0 saturated carbocycles. The van der Waals surface area contributed by atoms with Crippen molar-refractivity contribution in [2.75, 3.05) is 38.9 Å². The van der Waals surface area contributed by atoms with E-state index in [1.165, 1.54) is 19.3 Å². The van der Waals surface area contributed by atoms with Gasteiger partial charge in [0.05, 0.1) is 42.4 Å². The Labute approximate surface area is 561 Å². The zero-order valence-electron chi connectivity index (χ0n) is 55.3. The van der Waals surface area contributed by atoms with Gasteiger partial charge in [0.25, 0.3) is 5.91 Å². The highest BCUT2D eigenvalue weighted by molar-refractivity contribution is 6.18. The number of unbranched alkanes of at least 4 members (excludes halogenated alkanes) is 11. The zero-order valence-corrected chi connectivity index (χ0v) is 56.1. The van der Waals surface area contributed by atoms with E-state index in [1.54, 1.807) is 20.8 Å². The van der Waals surface area contributed by atoms with Crippen LogP contribution >= 0.6 is 11.6 Å². The van der Waals surface area contributed by atoms with E-state index in [0.717, 1.165) is 64.9 Å². The Morgan fingerprint density at radius 3 is 1.67 bits per heavy atom. The van der Waals surface area contributed by atoms with E-state index in [1.807, 2.05) is 10.6 Å². The molecule has 35 nitrogen and oxygen atoms in total. The number of esters is 2. The monoisotopic (exact) mass is 1390 g/mol. The Kier molecular flexibility index (Phi) is 41.6. The molecule has 0 aliphatic carbocycles. The lowest BCUT2D eigenvalue weighted by atomic mass is 9.98. The minimum Gasteiger partial charge on any atom is -0.481 e. The number of ether oxygens (including phenoxy) is 3. The van der Waals surface area contributed by atoms with Crippen LogP contribution in [0.5, 0.6) is 0 Å². The van der Waals surface area contributed by atoms with Gasteiger partial charge in [-0.25, -0.2) is 14.4 Å². The predicted octanol–water partition coefficient (Wildman–Crippen LogP) is -3.06. The highest BCUT2D eigenvalue weighted by Gasteiger charge is 2.41. The van der Waals surface area contributed by atoms with Crippen LogP contribution in [0, 0.1) is 5.41 Å². The quantitative estimate of drug-likeness (QED) is 0.0102. The van der Waals surface area contributed by atoms with Gasteiger partial charge in [-0.05, 0) is 86.2 Å². The number of carbonyl (C=O) groups excluding carboxylic acids is 12. The third kappa shape index (κ3) is 33.7. The Hall–Kier alpha value is -7.83. The number of hydrogen-bond donors (Lipinski definition) is 18. The summed E-state index contributed by atoms with van der Waals surface area (Å²) in [6, 6.07) is -16.4. The molecule has 1 saturated heterocycles. The van der Waals surface area contributed by atoms with E-state index in [9.17, 15) is 97.8 Å². The van der Waals surface area contributed by atoms with E-state index < -0.39 is 219 Å². The van der Waals surface area contributed by atoms with E-state index >= 15 is 0 Å². The number of hydrogen-bond acceptors (Lipinski definition) is 23. The fraction of sp³-hybridized carbons (Fsp3) is 0.733. The van der Waals surface area contributed by atoms with Crippen molar-refractivity contribution in [1.29, 1.82) is 0 Å². The van der Waals surface area contributed by atoms with Crippen LogP contribution in [0.1, 0.15) is 164 Å². The number of allylic oxidation sites excluding steroid dienone is 1. The molecule has 96 heavy (non-hydrogen) atoms. The molecule has 0 bridgehead atoms. The van der Waals surface area contributed by atoms with Crippen LogP contribution in [0.15, 0.2) is 11.8 Å². The van der Waals surface area contributed by atoms with Gasteiger partial charge in [-0.3, -0.25) is 52.7 Å². The summed E-state index contributed by atoms with van der Waals surface area (Å²) in [5.41, 5.74) is 9.91. The third-order valence-corrected chi connectivity index (χ3v) is 15.0. The van der Waals surface area contributed by atoms with Gasteiger partial charge in [0.2, 0.25) is 54.1 Å². The number of rotatable bonds is 33. The molecular formula is C60H101ClN12O23. The molecule has 0 radical (unpaired) electrons. The number of nitrogens with one attached hydrogen (secondary N) is 10. The average Bonchev–Trinajstić information content (AvgIpc) is 0.913. The molecule has 20 N–H and O–H groups in total. The first-order valence-electron chi connectivity index (χ1n) is 32.0. The number of halogens is 1. The summed E-state index contributed by atoms with van der Waals surface area (Å²) in [4.78, 5) is 189. The zero-order chi connectivity index (χ0) is 72.7. The number of alkyl carbamates (subject to hydrolysis) is 1. The number of alkyl halides is 1. The molecule has 0 aromatic carbocycles. The maximum atomic E-state index is 14.3. The second-order valence-corrected chi connectivity index (χ2v) is 24.3.